The first kappa shape index (κ1) is 16.4. The van der Waals surface area contributed by atoms with Crippen molar-refractivity contribution >= 4 is 7.41 Å². The summed E-state index contributed by atoms with van der Waals surface area (Å²) in [5.74, 6) is 0.775. The molecule has 20 heavy (non-hydrogen) atoms. The maximum Gasteiger partial charge on any atom is 0.210 e. The molecular formula is C18H36BN. The summed E-state index contributed by atoms with van der Waals surface area (Å²) in [5.41, 5.74) is 0. The van der Waals surface area contributed by atoms with E-state index in [1.807, 2.05) is 0 Å². The summed E-state index contributed by atoms with van der Waals surface area (Å²) >= 11 is 0. The first-order valence-electron chi connectivity index (χ1n) is 9.26. The Morgan fingerprint density at radius 3 is 1.55 bits per heavy atom. The highest BCUT2D eigenvalue weighted by Crippen LogP contribution is 2.38. The second kappa shape index (κ2) is 7.34. The molecule has 0 aromatic rings. The number of hydrogen-bond acceptors (Lipinski definition) is 1. The fourth-order valence-electron chi connectivity index (χ4n) is 4.03. The van der Waals surface area contributed by atoms with Crippen LogP contribution in [-0.2, 0) is 0 Å². The van der Waals surface area contributed by atoms with E-state index in [1.165, 1.54) is 71.6 Å². The molecule has 2 saturated carbocycles. The van der Waals surface area contributed by atoms with Gasteiger partial charge in [-0.2, -0.15) is 0 Å². The van der Waals surface area contributed by atoms with Gasteiger partial charge in [0.1, 0.15) is 0 Å². The van der Waals surface area contributed by atoms with Crippen LogP contribution in [0.25, 0.3) is 0 Å². The van der Waals surface area contributed by atoms with Gasteiger partial charge in [-0.15, -0.1) is 0 Å². The highest BCUT2D eigenvalue weighted by molar-refractivity contribution is 6.36. The molecule has 2 aliphatic rings. The van der Waals surface area contributed by atoms with Gasteiger partial charge in [-0.05, 0) is 49.0 Å². The topological polar surface area (TPSA) is 3.24 Å². The molecule has 0 saturated heterocycles. The zero-order chi connectivity index (χ0) is 14.6. The van der Waals surface area contributed by atoms with Crippen LogP contribution < -0.4 is 0 Å². The van der Waals surface area contributed by atoms with E-state index in [1.54, 1.807) is 0 Å². The van der Waals surface area contributed by atoms with Gasteiger partial charge < -0.3 is 4.81 Å². The summed E-state index contributed by atoms with van der Waals surface area (Å²) in [7, 11) is 1.32. The Morgan fingerprint density at radius 2 is 1.20 bits per heavy atom. The van der Waals surface area contributed by atoms with Crippen LogP contribution in [0.2, 0.25) is 5.31 Å². The van der Waals surface area contributed by atoms with Crippen molar-refractivity contribution in [2.75, 3.05) is 0 Å². The van der Waals surface area contributed by atoms with E-state index in [0.29, 0.717) is 5.31 Å². The van der Waals surface area contributed by atoms with Crippen LogP contribution in [0.1, 0.15) is 91.9 Å². The first-order valence-corrected chi connectivity index (χ1v) is 9.26. The van der Waals surface area contributed by atoms with E-state index in [0.717, 1.165) is 18.0 Å². The minimum atomic E-state index is 0.453. The molecule has 0 heterocycles. The lowest BCUT2D eigenvalue weighted by Crippen LogP contribution is -2.50. The van der Waals surface area contributed by atoms with Crippen LogP contribution >= 0.6 is 0 Å². The molecule has 0 amide bonds. The molecule has 0 spiro atoms. The average Bonchev–Trinajstić information content (AvgIpc) is 2.46. The van der Waals surface area contributed by atoms with Crippen LogP contribution in [0.4, 0.5) is 0 Å². The standard InChI is InChI=1S/C18H36BN/c1-15(2)18(3,4)19-20(16-11-7-5-8-12-16)17-13-9-6-10-14-17/h15-17,19H,5-14H2,1-4H3. The monoisotopic (exact) mass is 277 g/mol. The molecular weight excluding hydrogens is 241 g/mol. The lowest BCUT2D eigenvalue weighted by molar-refractivity contribution is 0.163. The van der Waals surface area contributed by atoms with Crippen molar-refractivity contribution < 1.29 is 0 Å². The molecule has 0 aromatic carbocycles. The van der Waals surface area contributed by atoms with Crippen molar-refractivity contribution in [3.8, 4) is 0 Å². The molecule has 0 unspecified atom stereocenters. The molecule has 2 aliphatic carbocycles. The molecule has 0 aliphatic heterocycles. The Bertz CT molecular complexity index is 257. The van der Waals surface area contributed by atoms with Crippen LogP contribution in [0.5, 0.6) is 0 Å². The summed E-state index contributed by atoms with van der Waals surface area (Å²) in [6.45, 7) is 9.77. The van der Waals surface area contributed by atoms with Crippen molar-refractivity contribution in [1.82, 2.24) is 4.81 Å². The Hall–Kier alpha value is 0.0249. The number of hydrogen-bond donors (Lipinski definition) is 0. The summed E-state index contributed by atoms with van der Waals surface area (Å²) in [5, 5.41) is 0.453. The maximum absolute atomic E-state index is 2.97. The van der Waals surface area contributed by atoms with Crippen molar-refractivity contribution in [2.24, 2.45) is 5.92 Å². The van der Waals surface area contributed by atoms with Crippen LogP contribution in [-0.4, -0.2) is 24.3 Å². The van der Waals surface area contributed by atoms with Crippen molar-refractivity contribution in [3.63, 3.8) is 0 Å². The predicted octanol–water partition coefficient (Wildman–Crippen LogP) is 5.16. The van der Waals surface area contributed by atoms with Gasteiger partial charge in [0.2, 0.25) is 7.41 Å². The average molecular weight is 277 g/mol. The van der Waals surface area contributed by atoms with Gasteiger partial charge in [0.25, 0.3) is 0 Å². The van der Waals surface area contributed by atoms with Gasteiger partial charge in [0.15, 0.2) is 0 Å². The summed E-state index contributed by atoms with van der Waals surface area (Å²) in [6.07, 6.45) is 14.7. The Morgan fingerprint density at radius 1 is 0.800 bits per heavy atom. The number of nitrogens with zero attached hydrogens (tertiary/aromatic N) is 1. The van der Waals surface area contributed by atoms with Gasteiger partial charge >= 0.3 is 0 Å². The zero-order valence-corrected chi connectivity index (χ0v) is 14.5. The van der Waals surface area contributed by atoms with Crippen LogP contribution in [0.3, 0.4) is 0 Å². The van der Waals surface area contributed by atoms with E-state index in [9.17, 15) is 0 Å². The predicted molar refractivity (Wildman–Crippen MR) is 91.6 cm³/mol. The van der Waals surface area contributed by atoms with Crippen LogP contribution in [0, 0.1) is 5.92 Å². The Balaban J connectivity index is 2.05. The quantitative estimate of drug-likeness (QED) is 0.627. The van der Waals surface area contributed by atoms with E-state index >= 15 is 0 Å². The van der Waals surface area contributed by atoms with E-state index in [2.05, 4.69) is 32.5 Å². The van der Waals surface area contributed by atoms with E-state index < -0.39 is 0 Å². The summed E-state index contributed by atoms with van der Waals surface area (Å²) in [4.78, 5) is 2.97. The second-order valence-corrected chi connectivity index (χ2v) is 8.40. The third-order valence-corrected chi connectivity index (χ3v) is 6.24. The molecule has 116 valence electrons. The van der Waals surface area contributed by atoms with Crippen molar-refractivity contribution in [1.29, 1.82) is 0 Å². The van der Waals surface area contributed by atoms with Gasteiger partial charge in [-0.25, -0.2) is 0 Å². The lowest BCUT2D eigenvalue weighted by atomic mass is 9.54. The molecule has 0 bridgehead atoms. The molecule has 2 fully saturated rings. The van der Waals surface area contributed by atoms with Gasteiger partial charge in [-0.1, -0.05) is 66.2 Å². The fraction of sp³-hybridized carbons (Fsp3) is 1.00. The molecule has 0 radical (unpaired) electrons. The van der Waals surface area contributed by atoms with E-state index in [4.69, 9.17) is 0 Å². The minimum Gasteiger partial charge on any atom is -0.339 e. The highest BCUT2D eigenvalue weighted by atomic mass is 15.1. The zero-order valence-electron chi connectivity index (χ0n) is 14.5. The maximum atomic E-state index is 2.97. The largest absolute Gasteiger partial charge is 0.339 e. The smallest absolute Gasteiger partial charge is 0.210 e. The molecule has 0 atom stereocenters. The second-order valence-electron chi connectivity index (χ2n) is 8.40. The Kier molecular flexibility index (Phi) is 6.02. The third-order valence-electron chi connectivity index (χ3n) is 6.24. The normalized spacial score (nSPS) is 23.5. The third kappa shape index (κ3) is 4.26. The molecule has 2 rings (SSSR count). The fourth-order valence-corrected chi connectivity index (χ4v) is 4.03. The molecule has 1 nitrogen and oxygen atoms in total. The first-order chi connectivity index (χ1) is 9.50. The Labute approximate surface area is 128 Å². The van der Waals surface area contributed by atoms with Gasteiger partial charge in [-0.3, -0.25) is 0 Å². The molecule has 0 aromatic heterocycles. The highest BCUT2D eigenvalue weighted by Gasteiger charge is 2.35. The van der Waals surface area contributed by atoms with Crippen molar-refractivity contribution in [3.05, 3.63) is 0 Å². The number of rotatable bonds is 5. The lowest BCUT2D eigenvalue weighted by Gasteiger charge is -2.46. The van der Waals surface area contributed by atoms with Crippen molar-refractivity contribution in [2.45, 2.75) is 109 Å². The molecule has 2 heteroatoms. The van der Waals surface area contributed by atoms with Crippen LogP contribution in [0.15, 0.2) is 0 Å². The summed E-state index contributed by atoms with van der Waals surface area (Å²) in [6, 6.07) is 1.79. The van der Waals surface area contributed by atoms with Gasteiger partial charge in [0, 0.05) is 0 Å². The van der Waals surface area contributed by atoms with E-state index in [-0.39, 0.29) is 0 Å². The summed E-state index contributed by atoms with van der Waals surface area (Å²) < 4.78 is 0. The molecule has 0 N–H and O–H groups in total. The SMILES string of the molecule is CC(C)C(C)(C)BN(C1CCCCC1)C1CCCCC1. The minimum absolute atomic E-state index is 0.453. The van der Waals surface area contributed by atoms with Gasteiger partial charge in [0.05, 0.1) is 0 Å².